The highest BCUT2D eigenvalue weighted by Gasteiger charge is 2.65. The summed E-state index contributed by atoms with van der Waals surface area (Å²) in [6.45, 7) is 65.6. The summed E-state index contributed by atoms with van der Waals surface area (Å²) in [7, 11) is 3.67. The van der Waals surface area contributed by atoms with Crippen LogP contribution in [0.15, 0.2) is 0 Å². The minimum absolute atomic E-state index is 0. The van der Waals surface area contributed by atoms with Crippen LogP contribution in [-0.2, 0) is 84.8 Å². The number of carboxylic acids is 2. The molecule has 5 fully saturated rings. The summed E-state index contributed by atoms with van der Waals surface area (Å²) in [4.78, 5) is 212. The number of unbranched alkanes of at least 4 members (excludes halogenated alkanes) is 11. The zero-order valence-corrected chi connectivity index (χ0v) is 101. The average molecular weight is 2110 g/mol. The maximum atomic E-state index is 15.3. The lowest BCUT2D eigenvalue weighted by atomic mass is 9.59. The zero-order valence-electron chi connectivity index (χ0n) is 96.7. The highest BCUT2D eigenvalue weighted by Crippen LogP contribution is 2.58. The van der Waals surface area contributed by atoms with Crippen molar-refractivity contribution in [3.63, 3.8) is 0 Å². The molecule has 0 bridgehead atoms. The lowest BCUT2D eigenvalue weighted by molar-refractivity contribution is -0.889. The molecule has 826 valence electrons. The van der Waals surface area contributed by atoms with Crippen molar-refractivity contribution in [3.8, 4) is 0 Å². The fourth-order valence-electron chi connectivity index (χ4n) is 24.4. The molecule has 143 heavy (non-hydrogen) atoms. The molecule has 0 spiro atoms. The lowest BCUT2D eigenvalue weighted by Gasteiger charge is -2.42. The molecule has 5 aliphatic rings. The van der Waals surface area contributed by atoms with Gasteiger partial charge in [0, 0.05) is 39.3 Å². The van der Waals surface area contributed by atoms with Crippen LogP contribution in [0.3, 0.4) is 0 Å². The molecule has 5 aliphatic heterocycles. The Bertz CT molecular complexity index is 4230. The highest BCUT2D eigenvalue weighted by molar-refractivity contribution is 6.85. The molecular formula is C110H203ClN8O20Si4. The van der Waals surface area contributed by atoms with Crippen LogP contribution in [-0.4, -0.2) is 280 Å². The van der Waals surface area contributed by atoms with Crippen molar-refractivity contribution in [1.29, 1.82) is 0 Å². The van der Waals surface area contributed by atoms with Crippen molar-refractivity contribution in [1.82, 2.24) is 34.3 Å². The smallest absolute Gasteiger partial charge is 0.309 e. The SMILES string of the molecule is CCCCCCCCCCCC[N+](C)(C)CCN1C(=O)C(CC(C)(C)C)C(C(C)(C)CC2C(=O)N(CCN(C)C)C(=O)C2C(C)(C)CC2C(=O)N(CCC[Si](C)(C)O[Si](C)(C)CCCC)C(=O)C2C(C)(C)CC(C(=O)O)C(C)C(=O)OCC)C1=O.CCCC[Si](C)(C)O[Si](C)(C)CCCN1C(=O)C(CC(C)(C)C2C(=O)N(CCN(C)C)C(=O)C2CC(C)(C)C)C(C(C)(C)CC(C(=O)O)C(C)C(=O)OCC)C1=O.[Cl-]. The van der Waals surface area contributed by atoms with Gasteiger partial charge in [0.05, 0.1) is 130 Å². The number of carbonyl (C=O) groups excluding carboxylic acids is 12. The number of hydrogen-bond donors (Lipinski definition) is 2. The number of halogens is 1. The van der Waals surface area contributed by atoms with Crippen LogP contribution < -0.4 is 12.4 Å². The van der Waals surface area contributed by atoms with Gasteiger partial charge in [0.2, 0.25) is 59.1 Å². The molecule has 33 heteroatoms. The largest absolute Gasteiger partial charge is 1.00 e. The van der Waals surface area contributed by atoms with Gasteiger partial charge in [0.25, 0.3) is 0 Å². The van der Waals surface area contributed by atoms with Gasteiger partial charge in [-0.3, -0.25) is 91.6 Å². The summed E-state index contributed by atoms with van der Waals surface area (Å²) < 4.78 is 24.9. The van der Waals surface area contributed by atoms with Crippen molar-refractivity contribution in [2.45, 2.75) is 383 Å². The van der Waals surface area contributed by atoms with Gasteiger partial charge >= 0.3 is 23.9 Å². The number of quaternary nitrogens is 1. The van der Waals surface area contributed by atoms with Crippen molar-refractivity contribution in [3.05, 3.63) is 0 Å². The average Bonchev–Trinajstić information content (AvgIpc) is 1.57. The normalized spacial score (nSPS) is 22.2. The molecule has 5 rings (SSSR count). The second-order valence-corrected chi connectivity index (χ2v) is 70.6. The Kier molecular flexibility index (Phi) is 50.7. The monoisotopic (exact) mass is 2100 g/mol. The van der Waals surface area contributed by atoms with Crippen molar-refractivity contribution in [2.75, 3.05) is 114 Å². The van der Waals surface area contributed by atoms with E-state index in [-0.39, 0.29) is 149 Å². The number of aliphatic carboxylic acids is 2. The van der Waals surface area contributed by atoms with Gasteiger partial charge in [-0.1, -0.05) is 222 Å². The van der Waals surface area contributed by atoms with Gasteiger partial charge in [0.15, 0.2) is 33.3 Å². The number of carbonyl (C=O) groups is 14. The molecule has 0 saturated carbocycles. The Morgan fingerprint density at radius 3 is 0.825 bits per heavy atom. The number of carboxylic acid groups (broad SMARTS) is 2. The van der Waals surface area contributed by atoms with E-state index < -0.39 is 179 Å². The first-order chi connectivity index (χ1) is 65.1. The van der Waals surface area contributed by atoms with Crippen LogP contribution in [0.1, 0.15) is 307 Å². The number of hydrogen-bond acceptors (Lipinski definition) is 20. The van der Waals surface area contributed by atoms with E-state index in [0.717, 1.165) is 63.2 Å². The molecule has 0 aromatic heterocycles. The van der Waals surface area contributed by atoms with E-state index in [4.69, 9.17) is 17.7 Å². The number of amides is 10. The predicted octanol–water partition coefficient (Wildman–Crippen LogP) is 17.1. The third kappa shape index (κ3) is 38.1. The summed E-state index contributed by atoms with van der Waals surface area (Å²) in [6.07, 6.45) is 19.1. The topological polar surface area (TPSA) is 339 Å². The molecule has 28 nitrogen and oxygen atoms in total. The van der Waals surface area contributed by atoms with Gasteiger partial charge < -0.3 is 54.6 Å². The van der Waals surface area contributed by atoms with Crippen LogP contribution in [0.5, 0.6) is 0 Å². The molecule has 0 radical (unpaired) electrons. The first-order valence-electron chi connectivity index (χ1n) is 54.6. The second-order valence-electron chi connectivity index (χ2n) is 52.9. The number of nitrogens with zero attached hydrogens (tertiary/aromatic N) is 8. The third-order valence-corrected chi connectivity index (χ3v) is 46.7. The van der Waals surface area contributed by atoms with Crippen molar-refractivity contribution < 1.29 is 112 Å². The first kappa shape index (κ1) is 132. The number of imide groups is 5. The summed E-state index contributed by atoms with van der Waals surface area (Å²) in [5.41, 5.74) is -5.73. The first-order valence-corrected chi connectivity index (χ1v) is 67.1. The van der Waals surface area contributed by atoms with Crippen molar-refractivity contribution in [2.24, 2.45) is 121 Å². The standard InChI is InChI=1S/C67H123N5O11Si2.C43H79N3O9Si2.ClH/c1-22-25-27-28-29-30-31-32-33-34-40-72(16,17)41-39-71-56(73)50(44-64(5,6)7)53(61(71)78)66(10,11)47-52-55(60(77)70(58(52)75)38-37-68(14)15)67(12,13)46-51-54(65(8,9)45-49(62(79)80)48(4)63(81)82-24-3)59(76)69(57(51)74)36-35-43-85(20,21)83-84(18,19)42-26-23-2;1-17-19-24-56(13,14)55-57(15,16)25-20-21-45-36(48)32(34(37(45)49)42(7,8)27-30(39(51)52)29(3)40(53)54-18-2)28-43(9,10)33-31(26-41(4,5)6)35(47)46(38(33)50)23-22-44(11)12;/h48-55H,22-47H2,1-21H3;29-34H,17-28H2,1-16H3,(H,51,52);1H. The van der Waals surface area contributed by atoms with E-state index in [1.165, 1.54) is 89.7 Å². The van der Waals surface area contributed by atoms with Crippen LogP contribution in [0.25, 0.3) is 0 Å². The highest BCUT2D eigenvalue weighted by atomic mass is 35.5. The zero-order chi connectivity index (χ0) is 109. The molecule has 5 saturated heterocycles. The molecule has 0 aliphatic carbocycles. The fourth-order valence-corrected chi connectivity index (χ4v) is 42.5. The molecule has 0 aromatic rings. The molecule has 2 N–H and O–H groups in total. The Hall–Kier alpha value is -5.46. The molecule has 10 amide bonds. The third-order valence-electron chi connectivity index (χ3n) is 31.6. The summed E-state index contributed by atoms with van der Waals surface area (Å²) in [5.74, 6) is -19.7. The molecule has 0 aromatic carbocycles. The molecular weight excluding hydrogens is 1900 g/mol. The second kappa shape index (κ2) is 55.0. The minimum atomic E-state index is -2.24. The summed E-state index contributed by atoms with van der Waals surface area (Å²) in [6, 6.07) is 3.62. The Labute approximate surface area is 875 Å². The Morgan fingerprint density at radius 2 is 0.573 bits per heavy atom. The van der Waals surface area contributed by atoms with Crippen molar-refractivity contribution >= 4 is 116 Å². The van der Waals surface area contributed by atoms with E-state index in [9.17, 15) is 53.4 Å². The number of likely N-dealkylation sites (N-methyl/N-ethyl adjacent to an activating group) is 3. The van der Waals surface area contributed by atoms with Gasteiger partial charge in [0.1, 0.15) is 0 Å². The van der Waals surface area contributed by atoms with Crippen LogP contribution in [0, 0.1) is 121 Å². The van der Waals surface area contributed by atoms with Gasteiger partial charge in [-0.25, -0.2) is 0 Å². The summed E-state index contributed by atoms with van der Waals surface area (Å²) in [5, 5.41) is 21.0. The number of likely N-dealkylation sites (tertiary alicyclic amines) is 5. The number of ether oxygens (including phenoxy) is 2. The van der Waals surface area contributed by atoms with Gasteiger partial charge in [-0.2, -0.15) is 0 Å². The van der Waals surface area contributed by atoms with Gasteiger partial charge in [-0.05, 0) is 227 Å². The van der Waals surface area contributed by atoms with E-state index >= 15 is 24.0 Å². The maximum absolute atomic E-state index is 15.3. The van der Waals surface area contributed by atoms with Gasteiger partial charge in [-0.15, -0.1) is 0 Å². The summed E-state index contributed by atoms with van der Waals surface area (Å²) >= 11 is 0. The fraction of sp³-hybridized carbons (Fsp3) is 0.873. The van der Waals surface area contributed by atoms with Crippen LogP contribution in [0.2, 0.25) is 76.6 Å². The minimum Gasteiger partial charge on any atom is -1.00 e. The number of esters is 2. The lowest BCUT2D eigenvalue weighted by Crippen LogP contribution is -3.00. The van der Waals surface area contributed by atoms with E-state index in [1.807, 2.05) is 114 Å². The van der Waals surface area contributed by atoms with Crippen LogP contribution in [0.4, 0.5) is 0 Å². The molecule has 14 unspecified atom stereocenters. The number of rotatable bonds is 63. The Balaban J connectivity index is 0.000000788. The molecule has 5 heterocycles. The Morgan fingerprint density at radius 1 is 0.336 bits per heavy atom. The predicted molar refractivity (Wildman–Crippen MR) is 574 cm³/mol. The molecule has 14 atom stereocenters. The quantitative estimate of drug-likeness (QED) is 0.0188. The van der Waals surface area contributed by atoms with E-state index in [2.05, 4.69) is 108 Å². The maximum Gasteiger partial charge on any atom is 0.309 e. The van der Waals surface area contributed by atoms with E-state index in [0.29, 0.717) is 55.8 Å². The van der Waals surface area contributed by atoms with Crippen LogP contribution >= 0.6 is 0 Å². The van der Waals surface area contributed by atoms with E-state index in [1.54, 1.807) is 27.7 Å².